The fourth-order valence-electron chi connectivity index (χ4n) is 6.20. The zero-order chi connectivity index (χ0) is 21.1. The normalized spacial score (nSPS) is 29.5. The maximum atomic E-state index is 13.4. The minimum absolute atomic E-state index is 0.0154. The van der Waals surface area contributed by atoms with Gasteiger partial charge in [0.15, 0.2) is 0 Å². The standard InChI is InChI=1S/C27H27FN2O/c1-26-15-20-17-29-30(24-11-9-23(28)10-12-24)25(20)14-22(26)8-5-13-27(26)16-21(18-31-27)19-6-3-2-4-7-19/h2-4,6-7,9-12,14,17,21H,5,8,13,15-16,18H2,1H3/t21?,26-,27+/m0/s1. The first kappa shape index (κ1) is 19.0. The molecule has 31 heavy (non-hydrogen) atoms. The van der Waals surface area contributed by atoms with E-state index in [4.69, 9.17) is 4.74 Å². The first-order chi connectivity index (χ1) is 15.1. The third-order valence-electron chi connectivity index (χ3n) is 7.96. The topological polar surface area (TPSA) is 27.1 Å². The Morgan fingerprint density at radius 1 is 1.10 bits per heavy atom. The highest BCUT2D eigenvalue weighted by Gasteiger charge is 2.57. The van der Waals surface area contributed by atoms with Crippen LogP contribution in [0.3, 0.4) is 0 Å². The molecular weight excluding hydrogens is 387 g/mol. The molecule has 0 amide bonds. The Kier molecular flexibility index (Phi) is 4.23. The number of benzene rings is 2. The number of fused-ring (bicyclic) bond motifs is 3. The number of nitrogens with zero attached hydrogens (tertiary/aromatic N) is 2. The van der Waals surface area contributed by atoms with Crippen LogP contribution in [0.1, 0.15) is 55.3 Å². The second kappa shape index (κ2) is 6.89. The van der Waals surface area contributed by atoms with Gasteiger partial charge < -0.3 is 4.74 Å². The van der Waals surface area contributed by atoms with Crippen molar-refractivity contribution in [3.63, 3.8) is 0 Å². The van der Waals surface area contributed by atoms with E-state index in [9.17, 15) is 4.39 Å². The van der Waals surface area contributed by atoms with E-state index in [0.717, 1.165) is 50.1 Å². The monoisotopic (exact) mass is 414 g/mol. The van der Waals surface area contributed by atoms with Crippen molar-refractivity contribution in [3.05, 3.63) is 89.0 Å². The molecule has 3 aliphatic rings. The lowest BCUT2D eigenvalue weighted by molar-refractivity contribution is -0.0952. The van der Waals surface area contributed by atoms with Crippen molar-refractivity contribution < 1.29 is 9.13 Å². The average molecular weight is 415 g/mol. The number of halogens is 1. The molecule has 2 heterocycles. The molecule has 4 heteroatoms. The van der Waals surface area contributed by atoms with E-state index in [1.165, 1.54) is 28.8 Å². The van der Waals surface area contributed by atoms with E-state index in [-0.39, 0.29) is 16.8 Å². The van der Waals surface area contributed by atoms with Crippen LogP contribution in [0.4, 0.5) is 4.39 Å². The van der Waals surface area contributed by atoms with Gasteiger partial charge in [-0.05, 0) is 73.6 Å². The molecule has 0 radical (unpaired) electrons. The minimum atomic E-state index is -0.226. The van der Waals surface area contributed by atoms with Gasteiger partial charge >= 0.3 is 0 Å². The zero-order valence-corrected chi connectivity index (χ0v) is 17.9. The van der Waals surface area contributed by atoms with Gasteiger partial charge in [0.25, 0.3) is 0 Å². The van der Waals surface area contributed by atoms with E-state index in [1.54, 1.807) is 12.1 Å². The van der Waals surface area contributed by atoms with Crippen molar-refractivity contribution in [1.82, 2.24) is 9.78 Å². The van der Waals surface area contributed by atoms with Gasteiger partial charge in [-0.3, -0.25) is 0 Å². The Labute approximate surface area is 182 Å². The SMILES string of the molecule is C[C@]12Cc3cnn(-c4ccc(F)cc4)c3C=C1CCC[C@@]21CC(c2ccccc2)CO1. The van der Waals surface area contributed by atoms with E-state index in [2.05, 4.69) is 48.4 Å². The van der Waals surface area contributed by atoms with Gasteiger partial charge in [-0.15, -0.1) is 0 Å². The zero-order valence-electron chi connectivity index (χ0n) is 17.9. The maximum absolute atomic E-state index is 13.4. The fourth-order valence-corrected chi connectivity index (χ4v) is 6.20. The number of hydrogen-bond donors (Lipinski definition) is 0. The first-order valence-electron chi connectivity index (χ1n) is 11.3. The summed E-state index contributed by atoms with van der Waals surface area (Å²) in [5.74, 6) is 0.233. The van der Waals surface area contributed by atoms with Crippen LogP contribution in [0.15, 0.2) is 66.4 Å². The third kappa shape index (κ3) is 2.85. The summed E-state index contributed by atoms with van der Waals surface area (Å²) in [7, 11) is 0. The summed E-state index contributed by atoms with van der Waals surface area (Å²) >= 11 is 0. The maximum Gasteiger partial charge on any atom is 0.123 e. The average Bonchev–Trinajstić information content (AvgIpc) is 3.40. The summed E-state index contributed by atoms with van der Waals surface area (Å²) in [6.07, 6.45) is 9.72. The van der Waals surface area contributed by atoms with Gasteiger partial charge in [-0.1, -0.05) is 42.8 Å². The van der Waals surface area contributed by atoms with E-state index in [1.807, 2.05) is 10.9 Å². The summed E-state index contributed by atoms with van der Waals surface area (Å²) in [4.78, 5) is 0. The Hall–Kier alpha value is -2.72. The molecule has 1 saturated carbocycles. The van der Waals surface area contributed by atoms with E-state index < -0.39 is 0 Å². The summed E-state index contributed by atoms with van der Waals surface area (Å²) in [5.41, 5.74) is 6.02. The summed E-state index contributed by atoms with van der Waals surface area (Å²) in [6, 6.07) is 17.4. The van der Waals surface area contributed by atoms with Crippen LogP contribution in [0, 0.1) is 11.2 Å². The molecule has 158 valence electrons. The molecule has 2 aliphatic carbocycles. The molecule has 1 aliphatic heterocycles. The molecule has 0 bridgehead atoms. The van der Waals surface area contributed by atoms with Gasteiger partial charge in [-0.25, -0.2) is 9.07 Å². The van der Waals surface area contributed by atoms with Crippen LogP contribution >= 0.6 is 0 Å². The smallest absolute Gasteiger partial charge is 0.123 e. The van der Waals surface area contributed by atoms with E-state index in [0.29, 0.717) is 5.92 Å². The molecule has 1 unspecified atom stereocenters. The Bertz CT molecular complexity index is 1150. The van der Waals surface area contributed by atoms with Crippen molar-refractivity contribution in [1.29, 1.82) is 0 Å². The predicted molar refractivity (Wildman–Crippen MR) is 120 cm³/mol. The van der Waals surface area contributed by atoms with Crippen LogP contribution in [-0.2, 0) is 11.2 Å². The highest BCUT2D eigenvalue weighted by Crippen LogP contribution is 2.60. The van der Waals surface area contributed by atoms with E-state index >= 15 is 0 Å². The number of hydrogen-bond acceptors (Lipinski definition) is 2. The van der Waals surface area contributed by atoms with Gasteiger partial charge in [0.2, 0.25) is 0 Å². The highest BCUT2D eigenvalue weighted by molar-refractivity contribution is 5.62. The number of aromatic nitrogens is 2. The number of ether oxygens (including phenoxy) is 1. The summed E-state index contributed by atoms with van der Waals surface area (Å²) in [6.45, 7) is 3.21. The third-order valence-corrected chi connectivity index (χ3v) is 7.96. The quantitative estimate of drug-likeness (QED) is 0.508. The van der Waals surface area contributed by atoms with Gasteiger partial charge in [-0.2, -0.15) is 5.10 Å². The molecule has 3 atom stereocenters. The molecule has 2 fully saturated rings. The largest absolute Gasteiger partial charge is 0.373 e. The summed E-state index contributed by atoms with van der Waals surface area (Å²) < 4.78 is 22.1. The van der Waals surface area contributed by atoms with Gasteiger partial charge in [0, 0.05) is 11.3 Å². The van der Waals surface area contributed by atoms with Crippen molar-refractivity contribution in [2.45, 2.75) is 50.5 Å². The molecule has 1 aromatic heterocycles. The van der Waals surface area contributed by atoms with Crippen LogP contribution in [0.25, 0.3) is 11.8 Å². The lowest BCUT2D eigenvalue weighted by Crippen LogP contribution is -2.52. The number of rotatable bonds is 2. The molecule has 1 spiro atoms. The van der Waals surface area contributed by atoms with Crippen molar-refractivity contribution >= 4 is 6.08 Å². The van der Waals surface area contributed by atoms with Crippen molar-refractivity contribution in [2.24, 2.45) is 5.41 Å². The first-order valence-corrected chi connectivity index (χ1v) is 11.3. The lowest BCUT2D eigenvalue weighted by atomic mass is 9.56. The van der Waals surface area contributed by atoms with Crippen LogP contribution in [-0.4, -0.2) is 22.0 Å². The molecule has 3 nitrogen and oxygen atoms in total. The molecule has 1 saturated heterocycles. The second-order valence-electron chi connectivity index (χ2n) is 9.59. The molecule has 3 aromatic rings. The van der Waals surface area contributed by atoms with Crippen LogP contribution < -0.4 is 0 Å². The van der Waals surface area contributed by atoms with Gasteiger partial charge in [0.05, 0.1) is 29.8 Å². The molecular formula is C27H27FN2O. The predicted octanol–water partition coefficient (Wildman–Crippen LogP) is 6.08. The Balaban J connectivity index is 1.37. The van der Waals surface area contributed by atoms with Crippen molar-refractivity contribution in [3.8, 4) is 5.69 Å². The second-order valence-corrected chi connectivity index (χ2v) is 9.59. The Morgan fingerprint density at radius 3 is 2.71 bits per heavy atom. The minimum Gasteiger partial charge on any atom is -0.373 e. The summed E-state index contributed by atoms with van der Waals surface area (Å²) in [5, 5.41) is 4.67. The lowest BCUT2D eigenvalue weighted by Gasteiger charge is -2.52. The molecule has 2 aromatic carbocycles. The Morgan fingerprint density at radius 2 is 1.90 bits per heavy atom. The van der Waals surface area contributed by atoms with Crippen molar-refractivity contribution in [2.75, 3.05) is 6.61 Å². The fraction of sp³-hybridized carbons (Fsp3) is 0.370. The molecule has 0 N–H and O–H groups in total. The molecule has 6 rings (SSSR count). The van der Waals surface area contributed by atoms with Crippen LogP contribution in [0.2, 0.25) is 0 Å². The van der Waals surface area contributed by atoms with Crippen LogP contribution in [0.5, 0.6) is 0 Å². The highest BCUT2D eigenvalue weighted by atomic mass is 19.1. The van der Waals surface area contributed by atoms with Gasteiger partial charge in [0.1, 0.15) is 5.82 Å².